The van der Waals surface area contributed by atoms with Gasteiger partial charge >= 0.3 is 6.09 Å². The third-order valence-corrected chi connectivity index (χ3v) is 5.55. The number of anilines is 3. The van der Waals surface area contributed by atoms with Crippen molar-refractivity contribution in [3.63, 3.8) is 0 Å². The van der Waals surface area contributed by atoms with Gasteiger partial charge in [0.2, 0.25) is 0 Å². The lowest BCUT2D eigenvalue weighted by Gasteiger charge is -2.19. The van der Waals surface area contributed by atoms with E-state index in [-0.39, 0.29) is 15.7 Å². The van der Waals surface area contributed by atoms with Gasteiger partial charge in [0.1, 0.15) is 38.7 Å². The molecule has 174 valence electrons. The predicted octanol–water partition coefficient (Wildman–Crippen LogP) is 4.70. The Balaban J connectivity index is 1.69. The first-order valence-corrected chi connectivity index (χ1v) is 11.0. The second kappa shape index (κ2) is 8.77. The number of halogens is 2. The third kappa shape index (κ3) is 4.95. The van der Waals surface area contributed by atoms with E-state index in [1.165, 1.54) is 12.3 Å². The van der Waals surface area contributed by atoms with E-state index in [1.807, 2.05) is 0 Å². The minimum atomic E-state index is -0.838. The molecule has 0 bridgehead atoms. The Hall–Kier alpha value is -3.54. The number of hydrogen-bond acceptors (Lipinski definition) is 7. The molecule has 3 N–H and O–H groups in total. The molecule has 1 aliphatic heterocycles. The number of nitrogens with one attached hydrogen (secondary N) is 3. The Labute approximate surface area is 192 Å². The fourth-order valence-corrected chi connectivity index (χ4v) is 4.21. The van der Waals surface area contributed by atoms with E-state index < -0.39 is 34.8 Å². The van der Waals surface area contributed by atoms with E-state index in [9.17, 15) is 18.4 Å². The minimum absolute atomic E-state index is 0.00611. The van der Waals surface area contributed by atoms with Crippen molar-refractivity contribution in [2.24, 2.45) is 0 Å². The molecule has 0 fully saturated rings. The Morgan fingerprint density at radius 3 is 2.64 bits per heavy atom. The van der Waals surface area contributed by atoms with Crippen LogP contribution in [-0.4, -0.2) is 38.9 Å². The van der Waals surface area contributed by atoms with Crippen LogP contribution >= 0.6 is 11.3 Å². The molecule has 2 aromatic heterocycles. The van der Waals surface area contributed by atoms with Gasteiger partial charge in [0.15, 0.2) is 5.69 Å². The van der Waals surface area contributed by atoms with Gasteiger partial charge in [-0.2, -0.15) is 5.10 Å². The van der Waals surface area contributed by atoms with Crippen LogP contribution < -0.4 is 16.0 Å². The van der Waals surface area contributed by atoms with Crippen LogP contribution in [0.3, 0.4) is 0 Å². The lowest BCUT2D eigenvalue weighted by atomic mass is 10.2. The molecule has 0 radical (unpaired) electrons. The van der Waals surface area contributed by atoms with Crippen LogP contribution in [-0.2, 0) is 11.3 Å². The average Bonchev–Trinajstić information content (AvgIpc) is 3.31. The van der Waals surface area contributed by atoms with Crippen LogP contribution in [0, 0.1) is 11.6 Å². The quantitative estimate of drug-likeness (QED) is 0.504. The van der Waals surface area contributed by atoms with Crippen molar-refractivity contribution in [3.05, 3.63) is 41.7 Å². The second-order valence-electron chi connectivity index (χ2n) is 8.28. The van der Waals surface area contributed by atoms with E-state index in [0.29, 0.717) is 18.1 Å². The zero-order chi connectivity index (χ0) is 23.8. The summed E-state index contributed by atoms with van der Waals surface area (Å²) in [4.78, 5) is 29.6. The number of fused-ring (bicyclic) bond motifs is 1. The van der Waals surface area contributed by atoms with Gasteiger partial charge in [-0.1, -0.05) is 17.4 Å². The van der Waals surface area contributed by atoms with Crippen molar-refractivity contribution in [1.29, 1.82) is 0 Å². The molecule has 1 aromatic carbocycles. The van der Waals surface area contributed by atoms with Gasteiger partial charge < -0.3 is 15.4 Å². The van der Waals surface area contributed by atoms with Crippen molar-refractivity contribution in [2.45, 2.75) is 39.3 Å². The normalized spacial score (nSPS) is 13.1. The van der Waals surface area contributed by atoms with Crippen LogP contribution in [0.5, 0.6) is 0 Å². The Morgan fingerprint density at radius 1 is 1.21 bits per heavy atom. The summed E-state index contributed by atoms with van der Waals surface area (Å²) in [5.41, 5.74) is -0.965. The predicted molar refractivity (Wildman–Crippen MR) is 121 cm³/mol. The average molecular weight is 477 g/mol. The van der Waals surface area contributed by atoms with E-state index in [2.05, 4.69) is 26.0 Å². The van der Waals surface area contributed by atoms with Crippen molar-refractivity contribution in [3.8, 4) is 10.6 Å². The third-order valence-electron chi connectivity index (χ3n) is 4.56. The standard InChI is InChI=1S/C21H22F2N6O3S/c1-21(2,3)32-20(31)28-19-15(27-18(33-19)14-11(22)6-4-7-12(14)23)17(30)26-13-10-25-29-9-5-8-24-16(13)29/h4,6-7,10,24H,5,8-9H2,1-3H3,(H,26,30)(H,28,31). The van der Waals surface area contributed by atoms with E-state index in [0.717, 1.165) is 36.4 Å². The molecular formula is C21H22F2N6O3S. The van der Waals surface area contributed by atoms with Crippen molar-refractivity contribution in [2.75, 3.05) is 22.5 Å². The summed E-state index contributed by atoms with van der Waals surface area (Å²) in [7, 11) is 0. The molecule has 0 saturated heterocycles. The number of thiazole rings is 1. The summed E-state index contributed by atoms with van der Waals surface area (Å²) in [5.74, 6) is -1.71. The highest BCUT2D eigenvalue weighted by atomic mass is 32.1. The number of aromatic nitrogens is 3. The monoisotopic (exact) mass is 476 g/mol. The maximum Gasteiger partial charge on any atom is 0.412 e. The summed E-state index contributed by atoms with van der Waals surface area (Å²) in [6.45, 7) is 6.49. The summed E-state index contributed by atoms with van der Waals surface area (Å²) in [6, 6.07) is 3.40. The molecule has 0 spiro atoms. The van der Waals surface area contributed by atoms with Gasteiger partial charge in [0.25, 0.3) is 5.91 Å². The fraction of sp³-hybridized carbons (Fsp3) is 0.333. The molecule has 0 saturated carbocycles. The first-order valence-electron chi connectivity index (χ1n) is 10.2. The van der Waals surface area contributed by atoms with Gasteiger partial charge in [-0.25, -0.2) is 23.2 Å². The largest absolute Gasteiger partial charge is 0.444 e. The molecular weight excluding hydrogens is 454 g/mol. The zero-order valence-electron chi connectivity index (χ0n) is 18.2. The summed E-state index contributed by atoms with van der Waals surface area (Å²) in [5, 5.41) is 12.5. The van der Waals surface area contributed by atoms with Gasteiger partial charge in [0, 0.05) is 13.1 Å². The molecule has 4 rings (SSSR count). The Morgan fingerprint density at radius 2 is 1.94 bits per heavy atom. The SMILES string of the molecule is CC(C)(C)OC(=O)Nc1sc(-c2c(F)cccc2F)nc1C(=O)Nc1cnn2c1NCCC2. The zero-order valence-corrected chi connectivity index (χ0v) is 19.0. The fourth-order valence-electron chi connectivity index (χ4n) is 3.21. The molecule has 3 heterocycles. The highest BCUT2D eigenvalue weighted by Crippen LogP contribution is 2.36. The number of carbonyl (C=O) groups excluding carboxylic acids is 2. The van der Waals surface area contributed by atoms with Crippen LogP contribution in [0.25, 0.3) is 10.6 Å². The minimum Gasteiger partial charge on any atom is -0.444 e. The number of ether oxygens (including phenoxy) is 1. The number of amides is 2. The van der Waals surface area contributed by atoms with Crippen molar-refractivity contribution < 1.29 is 23.1 Å². The number of hydrogen-bond donors (Lipinski definition) is 3. The maximum absolute atomic E-state index is 14.4. The van der Waals surface area contributed by atoms with Crippen molar-refractivity contribution in [1.82, 2.24) is 14.8 Å². The summed E-state index contributed by atoms with van der Waals surface area (Å²) < 4.78 is 35.7. The molecule has 12 heteroatoms. The lowest BCUT2D eigenvalue weighted by Crippen LogP contribution is -2.27. The van der Waals surface area contributed by atoms with Crippen molar-refractivity contribution >= 4 is 39.8 Å². The molecule has 1 aliphatic rings. The Bertz CT molecular complexity index is 1200. The Kier molecular flexibility index (Phi) is 6.02. The molecule has 0 aliphatic carbocycles. The second-order valence-corrected chi connectivity index (χ2v) is 9.28. The van der Waals surface area contributed by atoms with Gasteiger partial charge in [-0.15, -0.1) is 0 Å². The number of rotatable bonds is 4. The van der Waals surface area contributed by atoms with Gasteiger partial charge in [0.05, 0.1) is 11.8 Å². The van der Waals surface area contributed by atoms with Crippen LogP contribution in [0.4, 0.5) is 30.1 Å². The molecule has 0 atom stereocenters. The maximum atomic E-state index is 14.4. The van der Waals surface area contributed by atoms with Crippen LogP contribution in [0.2, 0.25) is 0 Å². The van der Waals surface area contributed by atoms with E-state index in [1.54, 1.807) is 25.5 Å². The first kappa shape index (κ1) is 22.6. The molecule has 0 unspecified atom stereocenters. The van der Waals surface area contributed by atoms with Crippen LogP contribution in [0.1, 0.15) is 37.7 Å². The van der Waals surface area contributed by atoms with Crippen LogP contribution in [0.15, 0.2) is 24.4 Å². The summed E-state index contributed by atoms with van der Waals surface area (Å²) >= 11 is 0.765. The number of benzene rings is 1. The molecule has 9 nitrogen and oxygen atoms in total. The molecule has 3 aromatic rings. The molecule has 2 amide bonds. The van der Waals surface area contributed by atoms with E-state index in [4.69, 9.17) is 4.74 Å². The highest BCUT2D eigenvalue weighted by molar-refractivity contribution is 7.19. The number of aryl methyl sites for hydroxylation is 1. The lowest BCUT2D eigenvalue weighted by molar-refractivity contribution is 0.0636. The smallest absolute Gasteiger partial charge is 0.412 e. The number of nitrogens with zero attached hydrogens (tertiary/aromatic N) is 3. The molecule has 33 heavy (non-hydrogen) atoms. The van der Waals surface area contributed by atoms with E-state index >= 15 is 0 Å². The number of carbonyl (C=O) groups is 2. The van der Waals surface area contributed by atoms with Gasteiger partial charge in [-0.3, -0.25) is 10.1 Å². The van der Waals surface area contributed by atoms with Gasteiger partial charge in [-0.05, 0) is 39.3 Å². The summed E-state index contributed by atoms with van der Waals surface area (Å²) in [6.07, 6.45) is 1.57. The highest BCUT2D eigenvalue weighted by Gasteiger charge is 2.27. The first-order chi connectivity index (χ1) is 15.6. The topological polar surface area (TPSA) is 110 Å².